The molecule has 0 spiro atoms. The van der Waals surface area contributed by atoms with E-state index in [0.29, 0.717) is 22.6 Å². The van der Waals surface area contributed by atoms with Gasteiger partial charge in [-0.3, -0.25) is 4.79 Å². The van der Waals surface area contributed by atoms with Crippen molar-refractivity contribution in [1.82, 2.24) is 25.5 Å². The third kappa shape index (κ3) is 5.21. The SMILES string of the molecule is CC(C)CCNC(=O)C(C)Sc1nnnn1-c1ccc(Cl)cc1. The van der Waals surface area contributed by atoms with Gasteiger partial charge in [0, 0.05) is 11.6 Å². The first-order valence-electron chi connectivity index (χ1n) is 7.46. The van der Waals surface area contributed by atoms with E-state index in [9.17, 15) is 4.79 Å². The molecule has 0 aliphatic rings. The second-order valence-corrected chi connectivity index (χ2v) is 7.33. The number of nitrogens with zero attached hydrogens (tertiary/aromatic N) is 4. The number of carbonyl (C=O) groups excluding carboxylic acids is 1. The van der Waals surface area contributed by atoms with Crippen LogP contribution in [0, 0.1) is 5.92 Å². The number of amides is 1. The largest absolute Gasteiger partial charge is 0.355 e. The summed E-state index contributed by atoms with van der Waals surface area (Å²) in [4.78, 5) is 12.1. The molecule has 124 valence electrons. The number of tetrazole rings is 1. The standard InChI is InChI=1S/C15H20ClN5OS/c1-10(2)8-9-17-14(22)11(3)23-15-18-19-20-21(15)13-6-4-12(16)5-7-13/h4-7,10-11H,8-9H2,1-3H3,(H,17,22). The van der Waals surface area contributed by atoms with Crippen LogP contribution in [-0.4, -0.2) is 37.9 Å². The Morgan fingerprint density at radius 1 is 1.30 bits per heavy atom. The Kier molecular flexibility index (Phi) is 6.41. The lowest BCUT2D eigenvalue weighted by atomic mass is 10.1. The third-order valence-electron chi connectivity index (χ3n) is 3.18. The van der Waals surface area contributed by atoms with E-state index in [1.54, 1.807) is 16.8 Å². The minimum atomic E-state index is -0.279. The zero-order chi connectivity index (χ0) is 16.8. The lowest BCUT2D eigenvalue weighted by molar-refractivity contribution is -0.120. The minimum Gasteiger partial charge on any atom is -0.355 e. The second kappa shape index (κ2) is 8.31. The van der Waals surface area contributed by atoms with E-state index < -0.39 is 0 Å². The van der Waals surface area contributed by atoms with Gasteiger partial charge in [0.05, 0.1) is 10.9 Å². The number of nitrogens with one attached hydrogen (secondary N) is 1. The Hall–Kier alpha value is -1.60. The Morgan fingerprint density at radius 3 is 2.65 bits per heavy atom. The molecule has 0 saturated carbocycles. The molecule has 1 aromatic carbocycles. The average Bonchev–Trinajstić information content (AvgIpc) is 2.95. The first-order valence-corrected chi connectivity index (χ1v) is 8.72. The summed E-state index contributed by atoms with van der Waals surface area (Å²) in [7, 11) is 0. The second-order valence-electron chi connectivity index (χ2n) is 5.58. The molecule has 0 aliphatic carbocycles. The van der Waals surface area contributed by atoms with Crippen LogP contribution in [0.3, 0.4) is 0 Å². The zero-order valence-corrected chi connectivity index (χ0v) is 14.9. The van der Waals surface area contributed by atoms with Gasteiger partial charge in [0.25, 0.3) is 0 Å². The molecule has 1 aromatic heterocycles. The summed E-state index contributed by atoms with van der Waals surface area (Å²) >= 11 is 7.22. The van der Waals surface area contributed by atoms with Crippen LogP contribution < -0.4 is 5.32 Å². The molecule has 0 radical (unpaired) electrons. The predicted octanol–water partition coefficient (Wildman–Crippen LogP) is 2.96. The zero-order valence-electron chi connectivity index (χ0n) is 13.4. The van der Waals surface area contributed by atoms with Gasteiger partial charge in [-0.1, -0.05) is 37.2 Å². The summed E-state index contributed by atoms with van der Waals surface area (Å²) in [5.41, 5.74) is 0.800. The number of hydrogen-bond acceptors (Lipinski definition) is 5. The fourth-order valence-corrected chi connectivity index (χ4v) is 2.79. The molecular weight excluding hydrogens is 334 g/mol. The lowest BCUT2D eigenvalue weighted by Gasteiger charge is -2.12. The summed E-state index contributed by atoms with van der Waals surface area (Å²) in [6.45, 7) is 6.79. The lowest BCUT2D eigenvalue weighted by Crippen LogP contribution is -2.32. The number of rotatable bonds is 7. The highest BCUT2D eigenvalue weighted by molar-refractivity contribution is 8.00. The van der Waals surface area contributed by atoms with Crippen LogP contribution in [0.25, 0.3) is 5.69 Å². The van der Waals surface area contributed by atoms with Crippen molar-refractivity contribution >= 4 is 29.3 Å². The number of halogens is 1. The fourth-order valence-electron chi connectivity index (χ4n) is 1.84. The normalized spacial score (nSPS) is 12.4. The highest BCUT2D eigenvalue weighted by atomic mass is 35.5. The predicted molar refractivity (Wildman–Crippen MR) is 91.9 cm³/mol. The Labute approximate surface area is 145 Å². The van der Waals surface area contributed by atoms with Crippen LogP contribution in [0.5, 0.6) is 0 Å². The van der Waals surface area contributed by atoms with Crippen LogP contribution >= 0.6 is 23.4 Å². The van der Waals surface area contributed by atoms with E-state index in [4.69, 9.17) is 11.6 Å². The van der Waals surface area contributed by atoms with Gasteiger partial charge in [-0.25, -0.2) is 0 Å². The van der Waals surface area contributed by atoms with Crippen LogP contribution in [0.1, 0.15) is 27.2 Å². The summed E-state index contributed by atoms with van der Waals surface area (Å²) < 4.78 is 1.60. The van der Waals surface area contributed by atoms with E-state index >= 15 is 0 Å². The molecular formula is C15H20ClN5OS. The maximum absolute atomic E-state index is 12.1. The van der Waals surface area contributed by atoms with Gasteiger partial charge in [-0.05, 0) is 54.0 Å². The van der Waals surface area contributed by atoms with Gasteiger partial charge in [-0.2, -0.15) is 4.68 Å². The summed E-state index contributed by atoms with van der Waals surface area (Å²) in [5, 5.41) is 15.5. The minimum absolute atomic E-state index is 0.0127. The number of hydrogen-bond donors (Lipinski definition) is 1. The quantitative estimate of drug-likeness (QED) is 0.775. The van der Waals surface area contributed by atoms with Gasteiger partial charge >= 0.3 is 0 Å². The van der Waals surface area contributed by atoms with Crippen LogP contribution in [0.4, 0.5) is 0 Å². The molecule has 1 unspecified atom stereocenters. The van der Waals surface area contributed by atoms with Crippen molar-refractivity contribution in [1.29, 1.82) is 0 Å². The van der Waals surface area contributed by atoms with Crippen molar-refractivity contribution in [3.8, 4) is 5.69 Å². The molecule has 0 aliphatic heterocycles. The first-order chi connectivity index (χ1) is 11.0. The maximum atomic E-state index is 12.1. The summed E-state index contributed by atoms with van der Waals surface area (Å²) in [6.07, 6.45) is 0.964. The molecule has 23 heavy (non-hydrogen) atoms. The summed E-state index contributed by atoms with van der Waals surface area (Å²) in [6, 6.07) is 7.20. The van der Waals surface area contributed by atoms with Crippen molar-refractivity contribution in [2.75, 3.05) is 6.54 Å². The fraction of sp³-hybridized carbons (Fsp3) is 0.467. The molecule has 0 saturated heterocycles. The monoisotopic (exact) mass is 353 g/mol. The molecule has 0 fully saturated rings. The van der Waals surface area contributed by atoms with E-state index in [-0.39, 0.29) is 11.2 Å². The number of benzene rings is 1. The van der Waals surface area contributed by atoms with Crippen LogP contribution in [0.2, 0.25) is 5.02 Å². The van der Waals surface area contributed by atoms with Gasteiger partial charge in [-0.15, -0.1) is 5.10 Å². The van der Waals surface area contributed by atoms with Crippen LogP contribution in [-0.2, 0) is 4.79 Å². The molecule has 2 aromatic rings. The van der Waals surface area contributed by atoms with Gasteiger partial charge in [0.2, 0.25) is 11.1 Å². The Bertz CT molecular complexity index is 644. The highest BCUT2D eigenvalue weighted by Crippen LogP contribution is 2.23. The Balaban J connectivity index is 1.99. The number of aromatic nitrogens is 4. The van der Waals surface area contributed by atoms with Gasteiger partial charge < -0.3 is 5.32 Å². The van der Waals surface area contributed by atoms with Gasteiger partial charge in [0.15, 0.2) is 0 Å². The van der Waals surface area contributed by atoms with E-state index in [1.165, 1.54) is 11.8 Å². The molecule has 1 amide bonds. The molecule has 1 N–H and O–H groups in total. The molecule has 2 rings (SSSR count). The molecule has 1 atom stereocenters. The summed E-state index contributed by atoms with van der Waals surface area (Å²) in [5.74, 6) is 0.553. The van der Waals surface area contributed by atoms with Crippen LogP contribution in [0.15, 0.2) is 29.4 Å². The number of thioether (sulfide) groups is 1. The van der Waals surface area contributed by atoms with E-state index in [0.717, 1.165) is 12.1 Å². The third-order valence-corrected chi connectivity index (χ3v) is 4.47. The number of carbonyl (C=O) groups is 1. The smallest absolute Gasteiger partial charge is 0.233 e. The topological polar surface area (TPSA) is 72.7 Å². The van der Waals surface area contributed by atoms with E-state index in [2.05, 4.69) is 34.7 Å². The van der Waals surface area contributed by atoms with Crippen molar-refractivity contribution in [3.63, 3.8) is 0 Å². The molecule has 8 heteroatoms. The highest BCUT2D eigenvalue weighted by Gasteiger charge is 2.19. The van der Waals surface area contributed by atoms with Crippen molar-refractivity contribution < 1.29 is 4.79 Å². The molecule has 1 heterocycles. The van der Waals surface area contributed by atoms with E-state index in [1.807, 2.05) is 19.1 Å². The Morgan fingerprint density at radius 2 is 2.00 bits per heavy atom. The first kappa shape index (κ1) is 17.7. The van der Waals surface area contributed by atoms with Crippen molar-refractivity contribution in [3.05, 3.63) is 29.3 Å². The van der Waals surface area contributed by atoms with Crippen molar-refractivity contribution in [2.45, 2.75) is 37.6 Å². The molecule has 0 bridgehead atoms. The van der Waals surface area contributed by atoms with Gasteiger partial charge in [0.1, 0.15) is 0 Å². The van der Waals surface area contributed by atoms with Crippen molar-refractivity contribution in [2.24, 2.45) is 5.92 Å². The average molecular weight is 354 g/mol. The maximum Gasteiger partial charge on any atom is 0.233 e. The molecule has 6 nitrogen and oxygen atoms in total.